The monoisotopic (exact) mass is 513 g/mol. The summed E-state index contributed by atoms with van der Waals surface area (Å²) >= 11 is 0. The van der Waals surface area contributed by atoms with E-state index in [0.29, 0.717) is 75.2 Å². The lowest BCUT2D eigenvalue weighted by Gasteiger charge is -2.37. The van der Waals surface area contributed by atoms with Crippen LogP contribution in [0, 0.1) is 12.8 Å². The second kappa shape index (κ2) is 9.38. The maximum Gasteiger partial charge on any atom is 0.274 e. The molecule has 2 saturated heterocycles. The second-order valence-corrected chi connectivity index (χ2v) is 10.9. The van der Waals surface area contributed by atoms with Crippen LogP contribution in [0.4, 0.5) is 14.5 Å². The van der Waals surface area contributed by atoms with Crippen molar-refractivity contribution in [2.45, 2.75) is 57.6 Å². The van der Waals surface area contributed by atoms with Gasteiger partial charge in [-0.15, -0.1) is 0 Å². The number of aliphatic hydroxyl groups excluding tert-OH is 1. The number of aromatic nitrogens is 2. The molecule has 2 amide bonds. The van der Waals surface area contributed by atoms with Crippen molar-refractivity contribution >= 4 is 17.5 Å². The van der Waals surface area contributed by atoms with Gasteiger partial charge in [0.25, 0.3) is 12.3 Å². The van der Waals surface area contributed by atoms with Gasteiger partial charge in [-0.3, -0.25) is 14.3 Å². The molecule has 2 aromatic rings. The zero-order chi connectivity index (χ0) is 25.8. The molecule has 1 N–H and O–H groups in total. The minimum atomic E-state index is -2.51. The van der Waals surface area contributed by atoms with E-state index in [9.17, 15) is 23.5 Å². The third-order valence-electron chi connectivity index (χ3n) is 8.64. The number of nitrogens with zero attached hydrogens (tertiary/aromatic N) is 5. The lowest BCUT2D eigenvalue weighted by Crippen LogP contribution is -2.50. The fourth-order valence-corrected chi connectivity index (χ4v) is 6.34. The maximum absolute atomic E-state index is 13.3. The van der Waals surface area contributed by atoms with Crippen LogP contribution in [0.1, 0.15) is 64.5 Å². The molecule has 6 rings (SSSR count). The van der Waals surface area contributed by atoms with Crippen molar-refractivity contribution in [1.29, 1.82) is 0 Å². The Morgan fingerprint density at radius 3 is 2.51 bits per heavy atom. The number of carbonyl (C=O) groups excluding carboxylic acids is 2. The van der Waals surface area contributed by atoms with Gasteiger partial charge in [0, 0.05) is 61.8 Å². The number of rotatable bonds is 5. The highest BCUT2D eigenvalue weighted by atomic mass is 19.3. The van der Waals surface area contributed by atoms with E-state index in [-0.39, 0.29) is 30.0 Å². The Balaban J connectivity index is 1.13. The molecule has 2 aliphatic heterocycles. The van der Waals surface area contributed by atoms with E-state index in [0.717, 1.165) is 29.8 Å². The van der Waals surface area contributed by atoms with Gasteiger partial charge in [0.05, 0.1) is 6.10 Å². The van der Waals surface area contributed by atoms with Gasteiger partial charge in [0.1, 0.15) is 6.54 Å². The maximum atomic E-state index is 13.3. The third-order valence-corrected chi connectivity index (χ3v) is 8.64. The summed E-state index contributed by atoms with van der Waals surface area (Å²) < 4.78 is 28.4. The van der Waals surface area contributed by atoms with Gasteiger partial charge in [-0.2, -0.15) is 5.10 Å². The predicted molar refractivity (Wildman–Crippen MR) is 133 cm³/mol. The van der Waals surface area contributed by atoms with Crippen LogP contribution in [-0.2, 0) is 17.8 Å². The van der Waals surface area contributed by atoms with Gasteiger partial charge in [0.15, 0.2) is 5.69 Å². The Morgan fingerprint density at radius 1 is 1.08 bits per heavy atom. The summed E-state index contributed by atoms with van der Waals surface area (Å²) in [5, 5.41) is 14.5. The zero-order valence-electron chi connectivity index (χ0n) is 21.1. The average molecular weight is 514 g/mol. The molecular formula is C27H33F2N5O3. The molecule has 1 unspecified atom stereocenters. The van der Waals surface area contributed by atoms with Gasteiger partial charge in [-0.1, -0.05) is 12.1 Å². The Kier molecular flexibility index (Phi) is 6.17. The molecule has 0 spiro atoms. The Bertz CT molecular complexity index is 1210. The number of piperazine rings is 1. The highest BCUT2D eigenvalue weighted by molar-refractivity contribution is 5.95. The molecule has 0 radical (unpaired) electrons. The molecule has 1 saturated carbocycles. The van der Waals surface area contributed by atoms with Crippen LogP contribution in [0.25, 0.3) is 0 Å². The number of hydrogen-bond donors (Lipinski definition) is 1. The van der Waals surface area contributed by atoms with Gasteiger partial charge < -0.3 is 19.8 Å². The van der Waals surface area contributed by atoms with Gasteiger partial charge in [0.2, 0.25) is 5.91 Å². The molecule has 2 atom stereocenters. The number of aliphatic hydroxyl groups is 1. The summed E-state index contributed by atoms with van der Waals surface area (Å²) in [6.07, 6.45) is 0.242. The number of amides is 2. The average Bonchev–Trinajstić information content (AvgIpc) is 3.42. The molecular weight excluding hydrogens is 480 g/mol. The van der Waals surface area contributed by atoms with Crippen LogP contribution in [0.3, 0.4) is 0 Å². The van der Waals surface area contributed by atoms with Crippen LogP contribution in [0.2, 0.25) is 0 Å². The minimum Gasteiger partial charge on any atom is -0.393 e. The summed E-state index contributed by atoms with van der Waals surface area (Å²) in [5.74, 6) is 0.810. The van der Waals surface area contributed by atoms with Gasteiger partial charge >= 0.3 is 0 Å². The molecule has 1 aromatic heterocycles. The SMILES string of the molecule is Cc1c(C(F)F)cccc1N1CCN(C(=O)Cn2nc(C(=O)N3CCC(O)CC3)c3c2C[C@H]2CC32)CC1. The smallest absolute Gasteiger partial charge is 0.274 e. The first kappa shape index (κ1) is 24.3. The standard InChI is InChI=1S/C27H33F2N5O3/c1-16-19(26(28)29)3-2-4-21(16)31-9-11-32(12-10-31)23(36)15-34-22-14-17-13-20(17)24(22)25(30-34)27(37)33-7-5-18(35)6-8-33/h2-4,17-18,20,26,35H,5-15H2,1H3/t17-,20?/m1/s1. The fourth-order valence-electron chi connectivity index (χ4n) is 6.34. The van der Waals surface area contributed by atoms with E-state index >= 15 is 0 Å². The van der Waals surface area contributed by atoms with Crippen LogP contribution in [0.5, 0.6) is 0 Å². The number of anilines is 1. The molecule has 10 heteroatoms. The number of fused-ring (bicyclic) bond motifs is 3. The van der Waals surface area contributed by atoms with Crippen LogP contribution < -0.4 is 4.90 Å². The van der Waals surface area contributed by atoms with E-state index in [2.05, 4.69) is 10.00 Å². The van der Waals surface area contributed by atoms with Crippen molar-refractivity contribution in [2.24, 2.45) is 5.92 Å². The summed E-state index contributed by atoms with van der Waals surface area (Å²) in [6, 6.07) is 4.98. The van der Waals surface area contributed by atoms with Crippen LogP contribution >= 0.6 is 0 Å². The molecule has 37 heavy (non-hydrogen) atoms. The third kappa shape index (κ3) is 4.39. The second-order valence-electron chi connectivity index (χ2n) is 10.9. The fraction of sp³-hybridized carbons (Fsp3) is 0.593. The van der Waals surface area contributed by atoms with Crippen molar-refractivity contribution < 1.29 is 23.5 Å². The summed E-state index contributed by atoms with van der Waals surface area (Å²) in [5.41, 5.74) is 3.98. The molecule has 3 fully saturated rings. The first-order chi connectivity index (χ1) is 17.8. The lowest BCUT2D eigenvalue weighted by atomic mass is 10.1. The van der Waals surface area contributed by atoms with Crippen molar-refractivity contribution in [3.05, 3.63) is 46.3 Å². The van der Waals surface area contributed by atoms with E-state index in [1.54, 1.807) is 27.5 Å². The largest absolute Gasteiger partial charge is 0.393 e. The normalized spacial score (nSPS) is 23.4. The van der Waals surface area contributed by atoms with Crippen molar-refractivity contribution in [1.82, 2.24) is 19.6 Å². The molecule has 0 bridgehead atoms. The molecule has 4 aliphatic rings. The van der Waals surface area contributed by atoms with Crippen LogP contribution in [-0.4, -0.2) is 81.9 Å². The lowest BCUT2D eigenvalue weighted by molar-refractivity contribution is -0.132. The number of hydrogen-bond acceptors (Lipinski definition) is 5. The summed E-state index contributed by atoms with van der Waals surface area (Å²) in [6.45, 7) is 5.05. The summed E-state index contributed by atoms with van der Waals surface area (Å²) in [4.78, 5) is 32.2. The van der Waals surface area contributed by atoms with Crippen LogP contribution in [0.15, 0.2) is 18.2 Å². The van der Waals surface area contributed by atoms with Crippen molar-refractivity contribution in [3.8, 4) is 0 Å². The molecule has 3 heterocycles. The van der Waals surface area contributed by atoms with Gasteiger partial charge in [-0.05, 0) is 56.1 Å². The Morgan fingerprint density at radius 2 is 1.81 bits per heavy atom. The molecule has 8 nitrogen and oxygen atoms in total. The molecule has 2 aliphatic carbocycles. The number of carbonyl (C=O) groups is 2. The highest BCUT2D eigenvalue weighted by Crippen LogP contribution is 2.57. The number of likely N-dealkylation sites (tertiary alicyclic amines) is 1. The number of piperidine rings is 1. The number of benzene rings is 1. The van der Waals surface area contributed by atoms with E-state index < -0.39 is 6.43 Å². The van der Waals surface area contributed by atoms with E-state index in [1.807, 2.05) is 6.07 Å². The quantitative estimate of drug-likeness (QED) is 0.665. The topological polar surface area (TPSA) is 81.9 Å². The van der Waals surface area contributed by atoms with E-state index in [1.165, 1.54) is 6.07 Å². The first-order valence-corrected chi connectivity index (χ1v) is 13.3. The highest BCUT2D eigenvalue weighted by Gasteiger charge is 2.50. The number of halogens is 2. The van der Waals surface area contributed by atoms with Gasteiger partial charge in [-0.25, -0.2) is 8.78 Å². The minimum absolute atomic E-state index is 0.0383. The number of alkyl halides is 2. The van der Waals surface area contributed by atoms with Crippen molar-refractivity contribution in [2.75, 3.05) is 44.2 Å². The Labute approximate surface area is 214 Å². The Hall–Kier alpha value is -3.01. The zero-order valence-corrected chi connectivity index (χ0v) is 21.1. The van der Waals surface area contributed by atoms with Crippen molar-refractivity contribution in [3.63, 3.8) is 0 Å². The molecule has 198 valence electrons. The molecule has 1 aromatic carbocycles. The summed E-state index contributed by atoms with van der Waals surface area (Å²) in [7, 11) is 0. The first-order valence-electron chi connectivity index (χ1n) is 13.3. The predicted octanol–water partition coefficient (Wildman–Crippen LogP) is 2.73. The van der Waals surface area contributed by atoms with E-state index in [4.69, 9.17) is 0 Å².